The lowest BCUT2D eigenvalue weighted by Crippen LogP contribution is -2.32. The molecule has 0 amide bonds. The smallest absolute Gasteiger partial charge is 0.213 e. The fraction of sp³-hybridized carbons (Fsp3) is 1.00. The second kappa shape index (κ2) is 7.16. The maximum absolute atomic E-state index is 11.4. The van der Waals surface area contributed by atoms with Crippen molar-refractivity contribution in [1.82, 2.24) is 4.72 Å². The van der Waals surface area contributed by atoms with E-state index in [2.05, 4.69) is 4.72 Å². The third-order valence-electron chi connectivity index (χ3n) is 1.72. The number of rotatable bonds is 8. The summed E-state index contributed by atoms with van der Waals surface area (Å²) in [6.07, 6.45) is 0.703. The first kappa shape index (κ1) is 14.8. The molecule has 0 spiro atoms. The predicted octanol–water partition coefficient (Wildman–Crippen LogP) is 0.0681. The van der Waals surface area contributed by atoms with Gasteiger partial charge in [-0.1, -0.05) is 0 Å². The summed E-state index contributed by atoms with van der Waals surface area (Å²) in [7, 11) is -3.20. The fourth-order valence-electron chi connectivity index (χ4n) is 0.908. The second-order valence-corrected chi connectivity index (χ2v) is 5.83. The largest absolute Gasteiger partial charge is 0.378 e. The van der Waals surface area contributed by atoms with Gasteiger partial charge in [-0.2, -0.15) is 0 Å². The number of ether oxygens (including phenoxy) is 1. The van der Waals surface area contributed by atoms with Crippen molar-refractivity contribution < 1.29 is 13.2 Å². The number of hydrogen-bond donors (Lipinski definition) is 2. The van der Waals surface area contributed by atoms with Crippen LogP contribution >= 0.6 is 0 Å². The van der Waals surface area contributed by atoms with Crippen molar-refractivity contribution in [1.29, 1.82) is 0 Å². The summed E-state index contributed by atoms with van der Waals surface area (Å²) in [5, 5.41) is 0. The van der Waals surface area contributed by atoms with Crippen molar-refractivity contribution in [2.45, 2.75) is 39.3 Å². The van der Waals surface area contributed by atoms with Gasteiger partial charge in [0.2, 0.25) is 10.0 Å². The van der Waals surface area contributed by atoms with Crippen LogP contribution < -0.4 is 10.5 Å². The molecule has 0 aromatic carbocycles. The molecule has 0 aliphatic heterocycles. The topological polar surface area (TPSA) is 81.4 Å². The molecule has 5 nitrogen and oxygen atoms in total. The van der Waals surface area contributed by atoms with Gasteiger partial charge in [0.05, 0.1) is 18.5 Å². The Labute approximate surface area is 92.4 Å². The van der Waals surface area contributed by atoms with Gasteiger partial charge >= 0.3 is 0 Å². The average Bonchev–Trinajstić information content (AvgIpc) is 2.01. The Morgan fingerprint density at radius 1 is 1.33 bits per heavy atom. The number of sulfonamides is 1. The Morgan fingerprint density at radius 2 is 1.93 bits per heavy atom. The Bertz CT molecular complexity index is 230. The van der Waals surface area contributed by atoms with E-state index in [0.29, 0.717) is 13.0 Å². The van der Waals surface area contributed by atoms with Crippen LogP contribution in [0.2, 0.25) is 0 Å². The minimum atomic E-state index is -3.20. The average molecular weight is 238 g/mol. The van der Waals surface area contributed by atoms with Crippen LogP contribution in [0.25, 0.3) is 0 Å². The Kier molecular flexibility index (Phi) is 7.08. The van der Waals surface area contributed by atoms with E-state index in [9.17, 15) is 8.42 Å². The van der Waals surface area contributed by atoms with Crippen molar-refractivity contribution in [2.75, 3.05) is 18.9 Å². The summed E-state index contributed by atoms with van der Waals surface area (Å²) in [6.45, 7) is 6.20. The summed E-state index contributed by atoms with van der Waals surface area (Å²) in [6, 6.07) is 0.0135. The molecule has 0 aliphatic rings. The number of nitrogens with one attached hydrogen (secondary N) is 1. The van der Waals surface area contributed by atoms with Crippen LogP contribution in [0.4, 0.5) is 0 Å². The van der Waals surface area contributed by atoms with Gasteiger partial charge in [0, 0.05) is 12.6 Å². The molecule has 0 heterocycles. The molecule has 0 aromatic rings. The number of hydrogen-bond acceptors (Lipinski definition) is 4. The van der Waals surface area contributed by atoms with E-state index in [1.54, 1.807) is 0 Å². The molecule has 0 saturated carbocycles. The summed E-state index contributed by atoms with van der Waals surface area (Å²) in [5.74, 6) is 0.00410. The molecule has 15 heavy (non-hydrogen) atoms. The second-order valence-electron chi connectivity index (χ2n) is 3.90. The summed E-state index contributed by atoms with van der Waals surface area (Å²) < 4.78 is 30.4. The Hall–Kier alpha value is -0.170. The molecule has 0 aromatic heterocycles. The zero-order valence-electron chi connectivity index (χ0n) is 9.69. The van der Waals surface area contributed by atoms with Crippen molar-refractivity contribution in [2.24, 2.45) is 5.73 Å². The maximum atomic E-state index is 11.4. The lowest BCUT2D eigenvalue weighted by molar-refractivity contribution is 0.0911. The van der Waals surface area contributed by atoms with Gasteiger partial charge in [-0.3, -0.25) is 0 Å². The molecule has 0 fully saturated rings. The lowest BCUT2D eigenvalue weighted by Gasteiger charge is -2.10. The van der Waals surface area contributed by atoms with Crippen LogP contribution in [-0.2, 0) is 14.8 Å². The van der Waals surface area contributed by atoms with Gasteiger partial charge in [0.1, 0.15) is 0 Å². The van der Waals surface area contributed by atoms with Crippen LogP contribution in [0.15, 0.2) is 0 Å². The van der Waals surface area contributed by atoms with E-state index < -0.39 is 10.0 Å². The van der Waals surface area contributed by atoms with E-state index in [0.717, 1.165) is 0 Å². The molecule has 92 valence electrons. The van der Waals surface area contributed by atoms with Crippen molar-refractivity contribution >= 4 is 10.0 Å². The molecule has 1 atom stereocenters. The highest BCUT2D eigenvalue weighted by Gasteiger charge is 2.09. The molecule has 3 N–H and O–H groups in total. The molecule has 1 unspecified atom stereocenters. The minimum absolute atomic E-state index is 0.00410. The van der Waals surface area contributed by atoms with Crippen LogP contribution in [-0.4, -0.2) is 39.5 Å². The Balaban J connectivity index is 3.68. The van der Waals surface area contributed by atoms with Gasteiger partial charge in [0.25, 0.3) is 0 Å². The van der Waals surface area contributed by atoms with E-state index in [-0.39, 0.29) is 24.5 Å². The van der Waals surface area contributed by atoms with Crippen molar-refractivity contribution in [3.63, 3.8) is 0 Å². The zero-order valence-corrected chi connectivity index (χ0v) is 10.5. The van der Waals surface area contributed by atoms with Crippen LogP contribution in [0.1, 0.15) is 27.2 Å². The molecular formula is C9H22N2O3S. The van der Waals surface area contributed by atoms with Gasteiger partial charge in [-0.15, -0.1) is 0 Å². The first-order chi connectivity index (χ1) is 6.83. The highest BCUT2D eigenvalue weighted by Crippen LogP contribution is 1.92. The van der Waals surface area contributed by atoms with Gasteiger partial charge in [-0.25, -0.2) is 13.1 Å². The van der Waals surface area contributed by atoms with Gasteiger partial charge in [-0.05, 0) is 27.2 Å². The summed E-state index contributed by atoms with van der Waals surface area (Å²) in [5.41, 5.74) is 5.50. The lowest BCUT2D eigenvalue weighted by atomic mass is 10.3. The maximum Gasteiger partial charge on any atom is 0.213 e. The normalized spacial score (nSPS) is 14.5. The zero-order chi connectivity index (χ0) is 11.9. The van der Waals surface area contributed by atoms with E-state index in [4.69, 9.17) is 10.5 Å². The first-order valence-corrected chi connectivity index (χ1v) is 6.83. The van der Waals surface area contributed by atoms with Gasteiger partial charge < -0.3 is 10.5 Å². The summed E-state index contributed by atoms with van der Waals surface area (Å²) in [4.78, 5) is 0. The fourth-order valence-corrected chi connectivity index (χ4v) is 1.80. The minimum Gasteiger partial charge on any atom is -0.378 e. The van der Waals surface area contributed by atoms with Crippen molar-refractivity contribution in [3.8, 4) is 0 Å². The van der Waals surface area contributed by atoms with E-state index >= 15 is 0 Å². The highest BCUT2D eigenvalue weighted by molar-refractivity contribution is 7.89. The molecular weight excluding hydrogens is 216 g/mol. The van der Waals surface area contributed by atoms with Crippen LogP contribution in [0, 0.1) is 0 Å². The predicted molar refractivity (Wildman–Crippen MR) is 61.1 cm³/mol. The molecule has 0 saturated heterocycles. The van der Waals surface area contributed by atoms with E-state index in [1.807, 2.05) is 20.8 Å². The standard InChI is InChI=1S/C9H22N2O3S/c1-8(2)14-6-7-15(12,13)11-5-4-9(3)10/h8-9,11H,4-7,10H2,1-3H3. The van der Waals surface area contributed by atoms with E-state index in [1.165, 1.54) is 0 Å². The van der Waals surface area contributed by atoms with Gasteiger partial charge in [0.15, 0.2) is 0 Å². The summed E-state index contributed by atoms with van der Waals surface area (Å²) >= 11 is 0. The number of nitrogens with two attached hydrogens (primary N) is 1. The highest BCUT2D eigenvalue weighted by atomic mass is 32.2. The van der Waals surface area contributed by atoms with Crippen LogP contribution in [0.5, 0.6) is 0 Å². The first-order valence-electron chi connectivity index (χ1n) is 5.18. The van der Waals surface area contributed by atoms with Crippen molar-refractivity contribution in [3.05, 3.63) is 0 Å². The monoisotopic (exact) mass is 238 g/mol. The molecule has 6 heteroatoms. The van der Waals surface area contributed by atoms with Crippen LogP contribution in [0.3, 0.4) is 0 Å². The third kappa shape index (κ3) is 10.1. The SMILES string of the molecule is CC(N)CCNS(=O)(=O)CCOC(C)C. The molecule has 0 bridgehead atoms. The quantitative estimate of drug-likeness (QED) is 0.627. The Morgan fingerprint density at radius 3 is 2.40 bits per heavy atom. The molecule has 0 radical (unpaired) electrons. The molecule has 0 aliphatic carbocycles. The molecule has 0 rings (SSSR count). The third-order valence-corrected chi connectivity index (χ3v) is 3.07.